The highest BCUT2D eigenvalue weighted by Crippen LogP contribution is 2.15. The van der Waals surface area contributed by atoms with Crippen molar-refractivity contribution in [2.45, 2.75) is 32.5 Å². The van der Waals surface area contributed by atoms with E-state index in [4.69, 9.17) is 4.74 Å². The molecule has 0 radical (unpaired) electrons. The van der Waals surface area contributed by atoms with Crippen molar-refractivity contribution in [3.63, 3.8) is 0 Å². The molecule has 1 N–H and O–H groups in total. The third-order valence-electron chi connectivity index (χ3n) is 3.58. The summed E-state index contributed by atoms with van der Waals surface area (Å²) >= 11 is 0. The van der Waals surface area contributed by atoms with Gasteiger partial charge in [-0.15, -0.1) is 0 Å². The fourth-order valence-electron chi connectivity index (χ4n) is 2.34. The number of nitrogens with zero attached hydrogens (tertiary/aromatic N) is 1. The van der Waals surface area contributed by atoms with E-state index < -0.39 is 6.10 Å². The van der Waals surface area contributed by atoms with E-state index in [0.717, 1.165) is 5.56 Å². The van der Waals surface area contributed by atoms with Gasteiger partial charge < -0.3 is 14.6 Å². The van der Waals surface area contributed by atoms with Gasteiger partial charge in [0.2, 0.25) is 5.91 Å². The smallest absolute Gasteiger partial charge is 0.250 e. The van der Waals surface area contributed by atoms with Gasteiger partial charge in [-0.05, 0) is 25.5 Å². The summed E-state index contributed by atoms with van der Waals surface area (Å²) in [6.45, 7) is 4.41. The molecule has 0 aliphatic rings. The van der Waals surface area contributed by atoms with Crippen molar-refractivity contribution in [2.75, 3.05) is 6.61 Å². The summed E-state index contributed by atoms with van der Waals surface area (Å²) in [5.41, 5.74) is 0.848. The molecule has 1 heterocycles. The Bertz CT molecular complexity index is 682. The Morgan fingerprint density at radius 2 is 1.87 bits per heavy atom. The maximum Gasteiger partial charge on any atom is 0.250 e. The van der Waals surface area contributed by atoms with E-state index >= 15 is 0 Å². The highest BCUT2D eigenvalue weighted by Gasteiger charge is 2.19. The number of hydrogen-bond donors (Lipinski definition) is 1. The first-order valence-corrected chi connectivity index (χ1v) is 7.74. The van der Waals surface area contributed by atoms with Crippen molar-refractivity contribution >= 4 is 5.91 Å². The first-order chi connectivity index (χ1) is 11.1. The highest BCUT2D eigenvalue weighted by molar-refractivity contribution is 5.80. The molecule has 1 aromatic heterocycles. The summed E-state index contributed by atoms with van der Waals surface area (Å²) < 4.78 is 6.92. The Kier molecular flexibility index (Phi) is 6.11. The third-order valence-corrected chi connectivity index (χ3v) is 3.58. The number of aromatic nitrogens is 1. The monoisotopic (exact) mass is 314 g/mol. The van der Waals surface area contributed by atoms with Crippen LogP contribution in [0.15, 0.2) is 59.5 Å². The molecule has 0 saturated heterocycles. The van der Waals surface area contributed by atoms with Crippen LogP contribution in [-0.4, -0.2) is 23.2 Å². The fourth-order valence-corrected chi connectivity index (χ4v) is 2.34. The number of rotatable bonds is 7. The van der Waals surface area contributed by atoms with Gasteiger partial charge in [0.25, 0.3) is 5.56 Å². The summed E-state index contributed by atoms with van der Waals surface area (Å²) in [6, 6.07) is 14.3. The lowest BCUT2D eigenvalue weighted by Gasteiger charge is -2.22. The molecule has 0 unspecified atom stereocenters. The number of pyridine rings is 1. The van der Waals surface area contributed by atoms with Gasteiger partial charge in [0.1, 0.15) is 6.10 Å². The van der Waals surface area contributed by atoms with E-state index in [1.165, 1.54) is 6.07 Å². The number of amides is 1. The zero-order valence-electron chi connectivity index (χ0n) is 13.4. The summed E-state index contributed by atoms with van der Waals surface area (Å²) in [5, 5.41) is 2.97. The van der Waals surface area contributed by atoms with Crippen molar-refractivity contribution in [1.82, 2.24) is 9.88 Å². The Labute approximate surface area is 135 Å². The van der Waals surface area contributed by atoms with Crippen molar-refractivity contribution in [3.8, 4) is 0 Å². The number of hydrogen-bond acceptors (Lipinski definition) is 3. The molecule has 0 bridgehead atoms. The molecule has 1 amide bonds. The first kappa shape index (κ1) is 17.0. The summed E-state index contributed by atoms with van der Waals surface area (Å²) in [7, 11) is 0. The van der Waals surface area contributed by atoms with Gasteiger partial charge in [-0.25, -0.2) is 0 Å². The largest absolute Gasteiger partial charge is 0.369 e. The molecule has 2 aromatic rings. The van der Waals surface area contributed by atoms with Gasteiger partial charge in [-0.3, -0.25) is 9.59 Å². The molecule has 5 nitrogen and oxygen atoms in total. The standard InChI is InChI=1S/C18H22N2O3/c1-3-23-14(2)18(22)19-16(15-9-5-4-6-10-15)13-20-12-8-7-11-17(20)21/h4-12,14,16H,3,13H2,1-2H3,(H,19,22)/t14-,16+/m0/s1. The van der Waals surface area contributed by atoms with Crippen LogP contribution in [0.5, 0.6) is 0 Å². The van der Waals surface area contributed by atoms with E-state index in [-0.39, 0.29) is 17.5 Å². The quantitative estimate of drug-likeness (QED) is 0.851. The third kappa shape index (κ3) is 4.79. The van der Waals surface area contributed by atoms with Gasteiger partial charge in [0.15, 0.2) is 0 Å². The van der Waals surface area contributed by atoms with Crippen LogP contribution >= 0.6 is 0 Å². The molecule has 0 saturated carbocycles. The predicted octanol–water partition coefficient (Wildman–Crippen LogP) is 2.13. The van der Waals surface area contributed by atoms with Crippen LogP contribution in [0, 0.1) is 0 Å². The van der Waals surface area contributed by atoms with Crippen molar-refractivity contribution < 1.29 is 9.53 Å². The summed E-state index contributed by atoms with van der Waals surface area (Å²) in [4.78, 5) is 24.2. The van der Waals surface area contributed by atoms with Crippen LogP contribution in [0.25, 0.3) is 0 Å². The molecular weight excluding hydrogens is 292 g/mol. The average Bonchev–Trinajstić information content (AvgIpc) is 2.57. The van der Waals surface area contributed by atoms with Crippen LogP contribution in [0.4, 0.5) is 0 Å². The predicted molar refractivity (Wildman–Crippen MR) is 89.1 cm³/mol. The minimum absolute atomic E-state index is 0.0967. The Morgan fingerprint density at radius 1 is 1.17 bits per heavy atom. The lowest BCUT2D eigenvalue weighted by atomic mass is 10.1. The first-order valence-electron chi connectivity index (χ1n) is 7.74. The summed E-state index contributed by atoms with van der Waals surface area (Å²) in [6.07, 6.45) is 1.19. The van der Waals surface area contributed by atoms with Crippen LogP contribution in [0.1, 0.15) is 25.5 Å². The molecule has 2 rings (SSSR count). The summed E-state index contributed by atoms with van der Waals surface area (Å²) in [5.74, 6) is -0.190. The second kappa shape index (κ2) is 8.29. The lowest BCUT2D eigenvalue weighted by Crippen LogP contribution is -2.39. The van der Waals surface area contributed by atoms with Crippen molar-refractivity contribution in [3.05, 3.63) is 70.6 Å². The topological polar surface area (TPSA) is 60.3 Å². The van der Waals surface area contributed by atoms with Gasteiger partial charge >= 0.3 is 0 Å². The Hall–Kier alpha value is -2.40. The number of nitrogens with one attached hydrogen (secondary N) is 1. The highest BCUT2D eigenvalue weighted by atomic mass is 16.5. The molecular formula is C18H22N2O3. The van der Waals surface area contributed by atoms with Crippen molar-refractivity contribution in [1.29, 1.82) is 0 Å². The maximum absolute atomic E-state index is 12.3. The molecule has 23 heavy (non-hydrogen) atoms. The van der Waals surface area contributed by atoms with E-state index in [1.807, 2.05) is 37.3 Å². The Morgan fingerprint density at radius 3 is 2.52 bits per heavy atom. The Balaban J connectivity index is 2.21. The van der Waals surface area contributed by atoms with E-state index in [1.54, 1.807) is 29.8 Å². The molecule has 1 aromatic carbocycles. The number of benzene rings is 1. The average molecular weight is 314 g/mol. The lowest BCUT2D eigenvalue weighted by molar-refractivity contribution is -0.132. The zero-order chi connectivity index (χ0) is 16.7. The molecule has 5 heteroatoms. The van der Waals surface area contributed by atoms with Crippen molar-refractivity contribution in [2.24, 2.45) is 0 Å². The molecule has 2 atom stereocenters. The number of carbonyl (C=O) groups excluding carboxylic acids is 1. The minimum atomic E-state index is -0.529. The van der Waals surface area contributed by atoms with E-state index in [2.05, 4.69) is 5.32 Å². The van der Waals surface area contributed by atoms with E-state index in [0.29, 0.717) is 13.2 Å². The zero-order valence-corrected chi connectivity index (χ0v) is 13.4. The maximum atomic E-state index is 12.3. The molecule has 122 valence electrons. The molecule has 0 fully saturated rings. The van der Waals surface area contributed by atoms with Crippen LogP contribution < -0.4 is 10.9 Å². The van der Waals surface area contributed by atoms with Crippen LogP contribution in [0.2, 0.25) is 0 Å². The molecule has 0 aliphatic heterocycles. The second-order valence-corrected chi connectivity index (χ2v) is 5.26. The SMILES string of the molecule is CCO[C@@H](C)C(=O)N[C@H](Cn1ccccc1=O)c1ccccc1. The minimum Gasteiger partial charge on any atom is -0.369 e. The number of carbonyl (C=O) groups is 1. The molecule has 0 spiro atoms. The second-order valence-electron chi connectivity index (χ2n) is 5.26. The van der Waals surface area contributed by atoms with Gasteiger partial charge in [-0.2, -0.15) is 0 Å². The fraction of sp³-hybridized carbons (Fsp3) is 0.333. The normalized spacial score (nSPS) is 13.3. The number of ether oxygens (including phenoxy) is 1. The molecule has 0 aliphatic carbocycles. The van der Waals surface area contributed by atoms with E-state index in [9.17, 15) is 9.59 Å². The van der Waals surface area contributed by atoms with Gasteiger partial charge in [0.05, 0.1) is 12.6 Å². The van der Waals surface area contributed by atoms with Crippen LogP contribution in [0.3, 0.4) is 0 Å². The van der Waals surface area contributed by atoms with Crippen LogP contribution in [-0.2, 0) is 16.1 Å². The van der Waals surface area contributed by atoms with Gasteiger partial charge in [0, 0.05) is 18.9 Å². The van der Waals surface area contributed by atoms with Gasteiger partial charge in [-0.1, -0.05) is 36.4 Å².